The Kier molecular flexibility index (Phi) is 4.94. The first-order valence-corrected chi connectivity index (χ1v) is 6.98. The lowest BCUT2D eigenvalue weighted by atomic mass is 10.0. The number of benzene rings is 2. The number of nitro groups is 1. The van der Waals surface area contributed by atoms with Crippen molar-refractivity contribution in [2.75, 3.05) is 6.61 Å². The van der Waals surface area contributed by atoms with Gasteiger partial charge in [0.05, 0.1) is 16.6 Å². The molecular formula is C17H16N2O4. The number of nitro benzene ring substituents is 1. The molecule has 0 spiro atoms. The second-order valence-electron chi connectivity index (χ2n) is 5.30. The zero-order chi connectivity index (χ0) is 17.0. The summed E-state index contributed by atoms with van der Waals surface area (Å²) in [6.45, 7) is 3.74. The summed E-state index contributed by atoms with van der Waals surface area (Å²) >= 11 is 0. The average molecular weight is 312 g/mol. The molecule has 1 N–H and O–H groups in total. The van der Waals surface area contributed by atoms with Gasteiger partial charge < -0.3 is 9.84 Å². The predicted molar refractivity (Wildman–Crippen MR) is 84.2 cm³/mol. The minimum atomic E-state index is -0.899. The smallest absolute Gasteiger partial charge is 0.312 e. The van der Waals surface area contributed by atoms with Crippen LogP contribution in [0.2, 0.25) is 0 Å². The maximum atomic E-state index is 11.0. The Hall–Kier alpha value is -2.91. The minimum absolute atomic E-state index is 0.0254. The standard InChI is InChI=1S/C17H16N2O4/c1-11-5-12(2)7-14(6-11)16(20)10-23-17-4-3-13(9-18)8-15(17)19(21)22/h3-8,16,20H,10H2,1-2H3. The van der Waals surface area contributed by atoms with Gasteiger partial charge in [0.15, 0.2) is 5.75 Å². The topological polar surface area (TPSA) is 96.4 Å². The quantitative estimate of drug-likeness (QED) is 0.675. The molecule has 0 amide bonds. The van der Waals surface area contributed by atoms with E-state index in [9.17, 15) is 15.2 Å². The molecular weight excluding hydrogens is 296 g/mol. The van der Waals surface area contributed by atoms with Crippen molar-refractivity contribution in [1.82, 2.24) is 0 Å². The number of aliphatic hydroxyl groups excluding tert-OH is 1. The van der Waals surface area contributed by atoms with E-state index in [1.165, 1.54) is 12.1 Å². The van der Waals surface area contributed by atoms with Crippen molar-refractivity contribution in [3.8, 4) is 11.8 Å². The maximum Gasteiger partial charge on any atom is 0.312 e. The molecule has 6 nitrogen and oxygen atoms in total. The maximum absolute atomic E-state index is 11.0. The van der Waals surface area contributed by atoms with Gasteiger partial charge in [0, 0.05) is 6.07 Å². The number of rotatable bonds is 5. The number of nitrogens with zero attached hydrogens (tertiary/aromatic N) is 2. The van der Waals surface area contributed by atoms with Crippen LogP contribution in [-0.4, -0.2) is 16.6 Å². The summed E-state index contributed by atoms with van der Waals surface area (Å²) in [4.78, 5) is 10.4. The SMILES string of the molecule is Cc1cc(C)cc(C(O)COc2ccc(C#N)cc2[N+](=O)[O-])c1. The molecule has 0 saturated carbocycles. The van der Waals surface area contributed by atoms with Crippen molar-refractivity contribution in [3.05, 3.63) is 68.8 Å². The number of aliphatic hydroxyl groups is 1. The Morgan fingerprint density at radius 1 is 1.26 bits per heavy atom. The molecule has 0 radical (unpaired) electrons. The van der Waals surface area contributed by atoms with Crippen LogP contribution >= 0.6 is 0 Å². The molecule has 2 aromatic rings. The van der Waals surface area contributed by atoms with Crippen LogP contribution in [0.5, 0.6) is 5.75 Å². The summed E-state index contributed by atoms with van der Waals surface area (Å²) < 4.78 is 5.39. The van der Waals surface area contributed by atoms with Gasteiger partial charge in [-0.15, -0.1) is 0 Å². The monoisotopic (exact) mass is 312 g/mol. The van der Waals surface area contributed by atoms with E-state index >= 15 is 0 Å². The van der Waals surface area contributed by atoms with Crippen molar-refractivity contribution < 1.29 is 14.8 Å². The number of nitriles is 1. The minimum Gasteiger partial charge on any atom is -0.484 e. The third kappa shape index (κ3) is 4.05. The van der Waals surface area contributed by atoms with E-state index in [4.69, 9.17) is 10.00 Å². The molecule has 118 valence electrons. The Bertz CT molecular complexity index is 760. The highest BCUT2D eigenvalue weighted by Gasteiger charge is 2.18. The summed E-state index contributed by atoms with van der Waals surface area (Å²) in [7, 11) is 0. The molecule has 0 aliphatic heterocycles. The van der Waals surface area contributed by atoms with Gasteiger partial charge in [0.2, 0.25) is 0 Å². The first-order chi connectivity index (χ1) is 10.9. The average Bonchev–Trinajstić information content (AvgIpc) is 2.51. The van der Waals surface area contributed by atoms with Crippen LogP contribution in [0.15, 0.2) is 36.4 Å². The van der Waals surface area contributed by atoms with Crippen LogP contribution in [0.3, 0.4) is 0 Å². The van der Waals surface area contributed by atoms with E-state index < -0.39 is 11.0 Å². The molecule has 6 heteroatoms. The molecule has 0 bridgehead atoms. The van der Waals surface area contributed by atoms with Gasteiger partial charge in [-0.2, -0.15) is 5.26 Å². The van der Waals surface area contributed by atoms with Crippen LogP contribution in [0, 0.1) is 35.3 Å². The number of ether oxygens (including phenoxy) is 1. The molecule has 0 aliphatic rings. The number of aryl methyl sites for hydroxylation is 2. The van der Waals surface area contributed by atoms with Crippen molar-refractivity contribution in [1.29, 1.82) is 5.26 Å². The zero-order valence-electron chi connectivity index (χ0n) is 12.8. The summed E-state index contributed by atoms with van der Waals surface area (Å²) in [6.07, 6.45) is -0.899. The molecule has 0 heterocycles. The van der Waals surface area contributed by atoms with Gasteiger partial charge in [-0.3, -0.25) is 10.1 Å². The van der Waals surface area contributed by atoms with Gasteiger partial charge in [0.1, 0.15) is 12.7 Å². The molecule has 0 fully saturated rings. The number of hydrogen-bond donors (Lipinski definition) is 1. The van der Waals surface area contributed by atoms with Crippen LogP contribution in [-0.2, 0) is 0 Å². The molecule has 1 unspecified atom stereocenters. The van der Waals surface area contributed by atoms with E-state index in [0.29, 0.717) is 5.56 Å². The van der Waals surface area contributed by atoms with E-state index in [1.54, 1.807) is 0 Å². The van der Waals surface area contributed by atoms with Crippen molar-refractivity contribution in [2.45, 2.75) is 20.0 Å². The lowest BCUT2D eigenvalue weighted by Crippen LogP contribution is -2.11. The van der Waals surface area contributed by atoms with Crippen molar-refractivity contribution in [3.63, 3.8) is 0 Å². The Morgan fingerprint density at radius 2 is 1.91 bits per heavy atom. The van der Waals surface area contributed by atoms with Gasteiger partial charge in [0.25, 0.3) is 0 Å². The summed E-state index contributed by atoms with van der Waals surface area (Å²) in [5.74, 6) is 0.0254. The second kappa shape index (κ2) is 6.90. The first kappa shape index (κ1) is 16.5. The Morgan fingerprint density at radius 3 is 2.48 bits per heavy atom. The zero-order valence-corrected chi connectivity index (χ0v) is 12.8. The highest BCUT2D eigenvalue weighted by atomic mass is 16.6. The fourth-order valence-electron chi connectivity index (χ4n) is 2.32. The predicted octanol–water partition coefficient (Wildman–Crippen LogP) is 3.20. The summed E-state index contributed by atoms with van der Waals surface area (Å²) in [6, 6.07) is 11.5. The largest absolute Gasteiger partial charge is 0.484 e. The number of hydrogen-bond acceptors (Lipinski definition) is 5. The third-order valence-electron chi connectivity index (χ3n) is 3.31. The summed E-state index contributed by atoms with van der Waals surface area (Å²) in [5, 5.41) is 30.1. The van der Waals surface area contributed by atoms with E-state index in [-0.39, 0.29) is 23.6 Å². The summed E-state index contributed by atoms with van der Waals surface area (Å²) in [5.41, 5.74) is 2.61. The van der Waals surface area contributed by atoms with Gasteiger partial charge in [-0.25, -0.2) is 0 Å². The van der Waals surface area contributed by atoms with Crippen LogP contribution in [0.4, 0.5) is 5.69 Å². The fourth-order valence-corrected chi connectivity index (χ4v) is 2.32. The molecule has 23 heavy (non-hydrogen) atoms. The van der Waals surface area contributed by atoms with Gasteiger partial charge >= 0.3 is 5.69 Å². The van der Waals surface area contributed by atoms with Crippen LogP contribution in [0.25, 0.3) is 0 Å². The second-order valence-corrected chi connectivity index (χ2v) is 5.30. The first-order valence-electron chi connectivity index (χ1n) is 6.98. The molecule has 0 saturated heterocycles. The van der Waals surface area contributed by atoms with Gasteiger partial charge in [-0.1, -0.05) is 29.3 Å². The Labute approximate surface area is 133 Å². The van der Waals surface area contributed by atoms with E-state index in [2.05, 4.69) is 0 Å². The van der Waals surface area contributed by atoms with Gasteiger partial charge in [-0.05, 0) is 31.5 Å². The van der Waals surface area contributed by atoms with E-state index in [1.807, 2.05) is 38.1 Å². The molecule has 0 aliphatic carbocycles. The van der Waals surface area contributed by atoms with Crippen molar-refractivity contribution >= 4 is 5.69 Å². The third-order valence-corrected chi connectivity index (χ3v) is 3.31. The molecule has 2 aromatic carbocycles. The highest BCUT2D eigenvalue weighted by molar-refractivity contribution is 5.51. The molecule has 0 aromatic heterocycles. The highest BCUT2D eigenvalue weighted by Crippen LogP contribution is 2.29. The normalized spacial score (nSPS) is 11.6. The lowest BCUT2D eigenvalue weighted by Gasteiger charge is -2.14. The van der Waals surface area contributed by atoms with Crippen LogP contribution < -0.4 is 4.74 Å². The molecule has 2 rings (SSSR count). The van der Waals surface area contributed by atoms with Crippen molar-refractivity contribution in [2.24, 2.45) is 0 Å². The van der Waals surface area contributed by atoms with Crippen LogP contribution in [0.1, 0.15) is 28.4 Å². The van der Waals surface area contributed by atoms with E-state index in [0.717, 1.165) is 17.2 Å². The Balaban J connectivity index is 2.17. The fraction of sp³-hybridized carbons (Fsp3) is 0.235. The lowest BCUT2D eigenvalue weighted by molar-refractivity contribution is -0.386. The molecule has 1 atom stereocenters.